The Labute approximate surface area is 95.5 Å². The van der Waals surface area contributed by atoms with Crippen LogP contribution in [0.15, 0.2) is 18.3 Å². The van der Waals surface area contributed by atoms with Crippen LogP contribution in [0.25, 0.3) is 0 Å². The number of nitrogen functional groups attached to an aromatic ring is 1. The second-order valence-corrected chi connectivity index (χ2v) is 4.84. The van der Waals surface area contributed by atoms with Crippen LogP contribution in [-0.2, 0) is 0 Å². The number of amides is 1. The second kappa shape index (κ2) is 3.77. The first-order chi connectivity index (χ1) is 7.50. The maximum atomic E-state index is 12.2. The highest BCUT2D eigenvalue weighted by Gasteiger charge is 2.35. The number of carbonyl (C=O) groups is 1. The number of hydrogen-bond acceptors (Lipinski definition) is 3. The fraction of sp³-hybridized carbons (Fsp3) is 0.500. The Balaban J connectivity index is 2.22. The van der Waals surface area contributed by atoms with Gasteiger partial charge in [0.15, 0.2) is 0 Å². The third-order valence-corrected chi connectivity index (χ3v) is 3.18. The summed E-state index contributed by atoms with van der Waals surface area (Å²) in [6, 6.07) is 3.40. The van der Waals surface area contributed by atoms with Gasteiger partial charge in [-0.3, -0.25) is 4.79 Å². The fourth-order valence-electron chi connectivity index (χ4n) is 2.17. The van der Waals surface area contributed by atoms with Crippen molar-refractivity contribution in [2.45, 2.75) is 32.2 Å². The summed E-state index contributed by atoms with van der Waals surface area (Å²) in [6.45, 7) is 5.03. The maximum Gasteiger partial charge on any atom is 0.255 e. The largest absolute Gasteiger partial charge is 0.384 e. The molecule has 16 heavy (non-hydrogen) atoms. The first-order valence-corrected chi connectivity index (χ1v) is 5.54. The first-order valence-electron chi connectivity index (χ1n) is 5.54. The Morgan fingerprint density at radius 1 is 1.50 bits per heavy atom. The minimum Gasteiger partial charge on any atom is -0.384 e. The maximum absolute atomic E-state index is 12.2. The summed E-state index contributed by atoms with van der Waals surface area (Å²) in [7, 11) is 0. The summed E-state index contributed by atoms with van der Waals surface area (Å²) in [5, 5.41) is 0. The Morgan fingerprint density at radius 3 is 2.75 bits per heavy atom. The van der Waals surface area contributed by atoms with Crippen molar-refractivity contribution in [2.75, 3.05) is 12.3 Å². The number of nitrogens with zero attached hydrogens (tertiary/aromatic N) is 2. The number of pyridine rings is 1. The Bertz CT molecular complexity index is 397. The van der Waals surface area contributed by atoms with Crippen molar-refractivity contribution in [3.63, 3.8) is 0 Å². The molecule has 0 atom stereocenters. The highest BCUT2D eigenvalue weighted by molar-refractivity contribution is 5.94. The van der Waals surface area contributed by atoms with E-state index < -0.39 is 0 Å². The summed E-state index contributed by atoms with van der Waals surface area (Å²) in [6.07, 6.45) is 3.67. The predicted molar refractivity (Wildman–Crippen MR) is 63.0 cm³/mol. The number of carbonyl (C=O) groups excluding carboxylic acids is 1. The van der Waals surface area contributed by atoms with Crippen molar-refractivity contribution in [3.05, 3.63) is 23.9 Å². The molecular formula is C12H17N3O. The summed E-state index contributed by atoms with van der Waals surface area (Å²) >= 11 is 0. The van der Waals surface area contributed by atoms with Crippen LogP contribution in [0.1, 0.15) is 37.0 Å². The van der Waals surface area contributed by atoms with Crippen LogP contribution in [-0.4, -0.2) is 27.9 Å². The summed E-state index contributed by atoms with van der Waals surface area (Å²) in [5.41, 5.74) is 6.07. The third-order valence-electron chi connectivity index (χ3n) is 3.18. The van der Waals surface area contributed by atoms with Crippen molar-refractivity contribution in [1.82, 2.24) is 9.88 Å². The molecule has 2 heterocycles. The topological polar surface area (TPSA) is 59.2 Å². The Morgan fingerprint density at radius 2 is 2.25 bits per heavy atom. The molecule has 4 heteroatoms. The zero-order chi connectivity index (χ0) is 11.8. The zero-order valence-electron chi connectivity index (χ0n) is 9.73. The normalized spacial score (nSPS) is 18.8. The van der Waals surface area contributed by atoms with Gasteiger partial charge in [0.05, 0.1) is 5.56 Å². The van der Waals surface area contributed by atoms with Crippen LogP contribution in [0.2, 0.25) is 0 Å². The SMILES string of the molecule is CC1(C)CCCN1C(=O)c1ccc(N)nc1. The van der Waals surface area contributed by atoms with Crippen LogP contribution in [0.3, 0.4) is 0 Å². The fourth-order valence-corrected chi connectivity index (χ4v) is 2.17. The van der Waals surface area contributed by atoms with Gasteiger partial charge in [0.1, 0.15) is 5.82 Å². The highest BCUT2D eigenvalue weighted by atomic mass is 16.2. The smallest absolute Gasteiger partial charge is 0.255 e. The van der Waals surface area contributed by atoms with Crippen LogP contribution < -0.4 is 5.73 Å². The van der Waals surface area contributed by atoms with Gasteiger partial charge in [-0.15, -0.1) is 0 Å². The molecule has 0 spiro atoms. The molecule has 0 saturated carbocycles. The number of anilines is 1. The van der Waals surface area contributed by atoms with Crippen molar-refractivity contribution < 1.29 is 4.79 Å². The first kappa shape index (κ1) is 10.9. The number of hydrogen-bond donors (Lipinski definition) is 1. The molecule has 4 nitrogen and oxygen atoms in total. The number of nitrogens with two attached hydrogens (primary N) is 1. The molecule has 1 aromatic rings. The van der Waals surface area contributed by atoms with Gasteiger partial charge in [-0.25, -0.2) is 4.98 Å². The van der Waals surface area contributed by atoms with E-state index in [0.717, 1.165) is 19.4 Å². The molecule has 2 N–H and O–H groups in total. The molecule has 0 bridgehead atoms. The molecule has 1 saturated heterocycles. The lowest BCUT2D eigenvalue weighted by Crippen LogP contribution is -2.42. The molecule has 86 valence electrons. The van der Waals surface area contributed by atoms with Crippen molar-refractivity contribution in [3.8, 4) is 0 Å². The molecule has 1 aliphatic rings. The monoisotopic (exact) mass is 219 g/mol. The van der Waals surface area contributed by atoms with Crippen molar-refractivity contribution in [2.24, 2.45) is 0 Å². The molecule has 1 aromatic heterocycles. The van der Waals surface area contributed by atoms with Gasteiger partial charge < -0.3 is 10.6 Å². The Hall–Kier alpha value is -1.58. The van der Waals surface area contributed by atoms with E-state index >= 15 is 0 Å². The van der Waals surface area contributed by atoms with Crippen LogP contribution >= 0.6 is 0 Å². The van der Waals surface area contributed by atoms with E-state index in [1.165, 1.54) is 0 Å². The summed E-state index contributed by atoms with van der Waals surface area (Å²) in [4.78, 5) is 18.1. The quantitative estimate of drug-likeness (QED) is 0.781. The average molecular weight is 219 g/mol. The Kier molecular flexibility index (Phi) is 2.58. The third kappa shape index (κ3) is 1.87. The van der Waals surface area contributed by atoms with Gasteiger partial charge >= 0.3 is 0 Å². The van der Waals surface area contributed by atoms with E-state index in [1.807, 2.05) is 4.90 Å². The minimum atomic E-state index is -0.0432. The van der Waals surface area contributed by atoms with Gasteiger partial charge in [0.25, 0.3) is 5.91 Å². The van der Waals surface area contributed by atoms with Gasteiger partial charge in [0.2, 0.25) is 0 Å². The standard InChI is InChI=1S/C12H17N3O/c1-12(2)6-3-7-15(12)11(16)9-4-5-10(13)14-8-9/h4-5,8H,3,6-7H2,1-2H3,(H2,13,14). The number of rotatable bonds is 1. The van der Waals surface area contributed by atoms with Crippen molar-refractivity contribution >= 4 is 11.7 Å². The molecule has 0 radical (unpaired) electrons. The van der Waals surface area contributed by atoms with E-state index in [0.29, 0.717) is 11.4 Å². The zero-order valence-corrected chi connectivity index (χ0v) is 9.73. The molecule has 0 aliphatic carbocycles. The predicted octanol–water partition coefficient (Wildman–Crippen LogP) is 1.68. The van der Waals surface area contributed by atoms with Gasteiger partial charge in [-0.1, -0.05) is 0 Å². The molecule has 0 aromatic carbocycles. The van der Waals surface area contributed by atoms with E-state index in [1.54, 1.807) is 18.3 Å². The van der Waals surface area contributed by atoms with E-state index in [4.69, 9.17) is 5.73 Å². The summed E-state index contributed by atoms with van der Waals surface area (Å²) in [5.74, 6) is 0.493. The van der Waals surface area contributed by atoms with Crippen LogP contribution in [0.5, 0.6) is 0 Å². The highest BCUT2D eigenvalue weighted by Crippen LogP contribution is 2.29. The van der Waals surface area contributed by atoms with E-state index in [9.17, 15) is 4.79 Å². The molecular weight excluding hydrogens is 202 g/mol. The van der Waals surface area contributed by atoms with Crippen molar-refractivity contribution in [1.29, 1.82) is 0 Å². The lowest BCUT2D eigenvalue weighted by molar-refractivity contribution is 0.0651. The molecule has 0 unspecified atom stereocenters. The van der Waals surface area contributed by atoms with Gasteiger partial charge in [-0.05, 0) is 38.8 Å². The lowest BCUT2D eigenvalue weighted by Gasteiger charge is -2.31. The van der Waals surface area contributed by atoms with Gasteiger partial charge in [0, 0.05) is 18.3 Å². The number of aromatic nitrogens is 1. The average Bonchev–Trinajstić information content (AvgIpc) is 2.58. The second-order valence-electron chi connectivity index (χ2n) is 4.84. The van der Waals surface area contributed by atoms with E-state index in [-0.39, 0.29) is 11.4 Å². The van der Waals surface area contributed by atoms with Crippen LogP contribution in [0.4, 0.5) is 5.82 Å². The molecule has 1 aliphatic heterocycles. The number of likely N-dealkylation sites (tertiary alicyclic amines) is 1. The minimum absolute atomic E-state index is 0.0432. The molecule has 1 fully saturated rings. The van der Waals surface area contributed by atoms with Crippen LogP contribution in [0, 0.1) is 0 Å². The molecule has 2 rings (SSSR count). The van der Waals surface area contributed by atoms with E-state index in [2.05, 4.69) is 18.8 Å². The lowest BCUT2D eigenvalue weighted by atomic mass is 10.0. The van der Waals surface area contributed by atoms with Gasteiger partial charge in [-0.2, -0.15) is 0 Å². The summed E-state index contributed by atoms with van der Waals surface area (Å²) < 4.78 is 0. The molecule has 1 amide bonds.